The standard InChI is InChI=1S/C16H10F6N2O2/c17-11-5-4-10(12(18)13(11)19)14(25)23-7-8-2-1-3-9(6-8)24-15(26)16(20,21)22/h1-6H,7H2,(H,23,25)(H,24,26). The first-order valence-corrected chi connectivity index (χ1v) is 6.98. The fourth-order valence-corrected chi connectivity index (χ4v) is 1.94. The number of benzene rings is 2. The maximum Gasteiger partial charge on any atom is 0.471 e. The van der Waals surface area contributed by atoms with Gasteiger partial charge in [0, 0.05) is 12.2 Å². The van der Waals surface area contributed by atoms with Gasteiger partial charge in [-0.3, -0.25) is 9.59 Å². The molecule has 0 aliphatic carbocycles. The minimum atomic E-state index is -5.06. The number of carbonyl (C=O) groups is 2. The number of carbonyl (C=O) groups excluding carboxylic acids is 2. The first-order chi connectivity index (χ1) is 12.1. The molecule has 26 heavy (non-hydrogen) atoms. The van der Waals surface area contributed by atoms with Crippen molar-refractivity contribution in [3.8, 4) is 0 Å². The van der Waals surface area contributed by atoms with Gasteiger partial charge in [-0.2, -0.15) is 13.2 Å². The molecule has 2 aromatic carbocycles. The molecule has 0 bridgehead atoms. The van der Waals surface area contributed by atoms with E-state index in [9.17, 15) is 35.9 Å². The second kappa shape index (κ2) is 7.46. The lowest BCUT2D eigenvalue weighted by Gasteiger charge is -2.10. The highest BCUT2D eigenvalue weighted by molar-refractivity contribution is 5.95. The van der Waals surface area contributed by atoms with Crippen LogP contribution in [-0.2, 0) is 11.3 Å². The lowest BCUT2D eigenvalue weighted by molar-refractivity contribution is -0.167. The van der Waals surface area contributed by atoms with E-state index < -0.39 is 41.0 Å². The molecule has 2 aromatic rings. The van der Waals surface area contributed by atoms with Crippen molar-refractivity contribution in [2.75, 3.05) is 5.32 Å². The highest BCUT2D eigenvalue weighted by Gasteiger charge is 2.38. The molecule has 0 aliphatic heterocycles. The van der Waals surface area contributed by atoms with Crippen LogP contribution in [0.3, 0.4) is 0 Å². The van der Waals surface area contributed by atoms with E-state index >= 15 is 0 Å². The number of nitrogens with one attached hydrogen (secondary N) is 2. The zero-order valence-corrected chi connectivity index (χ0v) is 12.8. The van der Waals surface area contributed by atoms with Gasteiger partial charge < -0.3 is 10.6 Å². The van der Waals surface area contributed by atoms with Gasteiger partial charge in [0.15, 0.2) is 17.5 Å². The fraction of sp³-hybridized carbons (Fsp3) is 0.125. The van der Waals surface area contributed by atoms with Crippen molar-refractivity contribution < 1.29 is 35.9 Å². The molecule has 0 atom stereocenters. The Kier molecular flexibility index (Phi) is 5.53. The third-order valence-corrected chi connectivity index (χ3v) is 3.18. The van der Waals surface area contributed by atoms with Crippen molar-refractivity contribution >= 4 is 17.5 Å². The van der Waals surface area contributed by atoms with Crippen molar-refractivity contribution in [1.29, 1.82) is 0 Å². The Balaban J connectivity index is 2.06. The predicted molar refractivity (Wildman–Crippen MR) is 78.6 cm³/mol. The van der Waals surface area contributed by atoms with E-state index in [1.807, 2.05) is 0 Å². The number of anilines is 1. The molecule has 2 amide bonds. The van der Waals surface area contributed by atoms with Crippen molar-refractivity contribution in [1.82, 2.24) is 5.32 Å². The molecular weight excluding hydrogens is 366 g/mol. The van der Waals surface area contributed by atoms with Crippen LogP contribution in [0.15, 0.2) is 36.4 Å². The summed E-state index contributed by atoms with van der Waals surface area (Å²) in [6.45, 7) is -0.257. The van der Waals surface area contributed by atoms with Gasteiger partial charge in [0.25, 0.3) is 5.91 Å². The SMILES string of the molecule is O=C(NCc1cccc(NC(=O)C(F)(F)F)c1)c1ccc(F)c(F)c1F. The van der Waals surface area contributed by atoms with E-state index in [1.54, 1.807) is 5.32 Å². The summed E-state index contributed by atoms with van der Waals surface area (Å²) < 4.78 is 76.1. The highest BCUT2D eigenvalue weighted by atomic mass is 19.4. The van der Waals surface area contributed by atoms with Crippen molar-refractivity contribution in [3.63, 3.8) is 0 Å². The maximum absolute atomic E-state index is 13.5. The Morgan fingerprint density at radius 2 is 1.65 bits per heavy atom. The van der Waals surface area contributed by atoms with Crippen LogP contribution in [0.25, 0.3) is 0 Å². The number of amides is 2. The van der Waals surface area contributed by atoms with Crippen LogP contribution in [-0.4, -0.2) is 18.0 Å². The largest absolute Gasteiger partial charge is 0.471 e. The minimum Gasteiger partial charge on any atom is -0.348 e. The predicted octanol–water partition coefficient (Wildman–Crippen LogP) is 3.53. The van der Waals surface area contributed by atoms with Crippen LogP contribution in [0.4, 0.5) is 32.0 Å². The third kappa shape index (κ3) is 4.52. The molecule has 2 N–H and O–H groups in total. The topological polar surface area (TPSA) is 58.2 Å². The van der Waals surface area contributed by atoms with E-state index in [-0.39, 0.29) is 17.8 Å². The summed E-state index contributed by atoms with van der Waals surface area (Å²) in [6.07, 6.45) is -5.06. The van der Waals surface area contributed by atoms with Crippen LogP contribution >= 0.6 is 0 Å². The van der Waals surface area contributed by atoms with Gasteiger partial charge in [-0.05, 0) is 29.8 Å². The summed E-state index contributed by atoms with van der Waals surface area (Å²) in [4.78, 5) is 22.7. The summed E-state index contributed by atoms with van der Waals surface area (Å²) in [5.74, 6) is -8.12. The van der Waals surface area contributed by atoms with Crippen LogP contribution in [0.1, 0.15) is 15.9 Å². The van der Waals surface area contributed by atoms with Gasteiger partial charge in [-0.25, -0.2) is 13.2 Å². The number of alkyl halides is 3. The second-order valence-corrected chi connectivity index (χ2v) is 5.06. The summed E-state index contributed by atoms with van der Waals surface area (Å²) in [6, 6.07) is 6.44. The molecular formula is C16H10F6N2O2. The van der Waals surface area contributed by atoms with Gasteiger partial charge in [0.05, 0.1) is 5.56 Å². The van der Waals surface area contributed by atoms with Crippen LogP contribution in [0, 0.1) is 17.5 Å². The summed E-state index contributed by atoms with van der Waals surface area (Å²) in [7, 11) is 0. The monoisotopic (exact) mass is 376 g/mol. The summed E-state index contributed by atoms with van der Waals surface area (Å²) in [5, 5.41) is 3.85. The number of hydrogen-bond donors (Lipinski definition) is 2. The first-order valence-electron chi connectivity index (χ1n) is 6.98. The van der Waals surface area contributed by atoms with Crippen LogP contribution < -0.4 is 10.6 Å². The quantitative estimate of drug-likeness (QED) is 0.634. The highest BCUT2D eigenvalue weighted by Crippen LogP contribution is 2.19. The van der Waals surface area contributed by atoms with Crippen molar-refractivity contribution in [2.24, 2.45) is 0 Å². The molecule has 2 rings (SSSR count). The van der Waals surface area contributed by atoms with Gasteiger partial charge in [0.1, 0.15) is 0 Å². The minimum absolute atomic E-state index is 0.168. The van der Waals surface area contributed by atoms with E-state index in [1.165, 1.54) is 18.2 Å². The van der Waals surface area contributed by atoms with E-state index in [2.05, 4.69) is 5.32 Å². The fourth-order valence-electron chi connectivity index (χ4n) is 1.94. The Hall–Kier alpha value is -3.04. The molecule has 0 aliphatic rings. The third-order valence-electron chi connectivity index (χ3n) is 3.18. The average Bonchev–Trinajstić information content (AvgIpc) is 2.57. The van der Waals surface area contributed by atoms with E-state index in [0.29, 0.717) is 6.07 Å². The van der Waals surface area contributed by atoms with Crippen LogP contribution in [0.5, 0.6) is 0 Å². The molecule has 138 valence electrons. The molecule has 0 aromatic heterocycles. The zero-order valence-electron chi connectivity index (χ0n) is 12.8. The van der Waals surface area contributed by atoms with Gasteiger partial charge >= 0.3 is 12.1 Å². The number of rotatable bonds is 4. The van der Waals surface area contributed by atoms with E-state index in [4.69, 9.17) is 0 Å². The molecule has 0 fully saturated rings. The first kappa shape index (κ1) is 19.3. The summed E-state index contributed by atoms with van der Waals surface area (Å²) >= 11 is 0. The molecule has 0 saturated carbocycles. The molecule has 0 unspecified atom stereocenters. The smallest absolute Gasteiger partial charge is 0.348 e. The summed E-state index contributed by atoms with van der Waals surface area (Å²) in [5.41, 5.74) is -0.621. The second-order valence-electron chi connectivity index (χ2n) is 5.06. The Bertz CT molecular complexity index is 851. The molecule has 4 nitrogen and oxygen atoms in total. The molecule has 0 spiro atoms. The average molecular weight is 376 g/mol. The van der Waals surface area contributed by atoms with Crippen molar-refractivity contribution in [3.05, 3.63) is 65.0 Å². The lowest BCUT2D eigenvalue weighted by atomic mass is 10.1. The molecule has 0 saturated heterocycles. The molecule has 0 radical (unpaired) electrons. The normalized spacial score (nSPS) is 11.2. The van der Waals surface area contributed by atoms with Gasteiger partial charge in [-0.1, -0.05) is 12.1 Å². The van der Waals surface area contributed by atoms with Crippen molar-refractivity contribution in [2.45, 2.75) is 12.7 Å². The number of halogens is 6. The zero-order chi connectivity index (χ0) is 19.5. The molecule has 0 heterocycles. The Morgan fingerprint density at radius 1 is 0.962 bits per heavy atom. The van der Waals surface area contributed by atoms with Crippen LogP contribution in [0.2, 0.25) is 0 Å². The maximum atomic E-state index is 13.5. The van der Waals surface area contributed by atoms with Gasteiger partial charge in [-0.15, -0.1) is 0 Å². The van der Waals surface area contributed by atoms with E-state index in [0.717, 1.165) is 12.1 Å². The Morgan fingerprint density at radius 3 is 2.31 bits per heavy atom. The number of hydrogen-bond acceptors (Lipinski definition) is 2. The van der Waals surface area contributed by atoms with Gasteiger partial charge in [0.2, 0.25) is 0 Å². The lowest BCUT2D eigenvalue weighted by Crippen LogP contribution is -2.30. The molecule has 10 heteroatoms. The Labute approximate surface area is 142 Å².